The Kier molecular flexibility index (Phi) is 3.75. The van der Waals surface area contributed by atoms with Gasteiger partial charge in [-0.25, -0.2) is 4.98 Å². The summed E-state index contributed by atoms with van der Waals surface area (Å²) in [6.07, 6.45) is 7.41. The molecular weight excluding hydrogens is 166 g/mol. The molecule has 0 saturated heterocycles. The Morgan fingerprint density at radius 1 is 1.77 bits per heavy atom. The fourth-order valence-corrected chi connectivity index (χ4v) is 0.830. The summed E-state index contributed by atoms with van der Waals surface area (Å²) in [4.78, 5) is 17.9. The molecule has 0 spiro atoms. The van der Waals surface area contributed by atoms with Crippen LogP contribution >= 0.6 is 0 Å². The summed E-state index contributed by atoms with van der Waals surface area (Å²) in [5, 5.41) is 2.73. The van der Waals surface area contributed by atoms with Crippen molar-refractivity contribution in [1.29, 1.82) is 0 Å². The van der Waals surface area contributed by atoms with Crippen LogP contribution in [-0.4, -0.2) is 22.4 Å². The quantitative estimate of drug-likeness (QED) is 0.676. The van der Waals surface area contributed by atoms with Crippen LogP contribution in [0.4, 0.5) is 0 Å². The van der Waals surface area contributed by atoms with Crippen LogP contribution in [0.25, 0.3) is 6.08 Å². The largest absolute Gasteiger partial charge is 0.353 e. The molecule has 0 aromatic carbocycles. The predicted octanol–water partition coefficient (Wildman–Crippen LogP) is 0.949. The number of imidazole rings is 1. The van der Waals surface area contributed by atoms with Crippen LogP contribution in [0.5, 0.6) is 0 Å². The highest BCUT2D eigenvalue weighted by molar-refractivity contribution is 5.91. The van der Waals surface area contributed by atoms with Gasteiger partial charge in [0.05, 0.1) is 0 Å². The van der Waals surface area contributed by atoms with Crippen LogP contribution in [0.1, 0.15) is 19.2 Å². The first-order chi connectivity index (χ1) is 6.33. The number of aromatic amines is 1. The molecule has 4 nitrogen and oxygen atoms in total. The van der Waals surface area contributed by atoms with Crippen molar-refractivity contribution in [1.82, 2.24) is 15.3 Å². The van der Waals surface area contributed by atoms with E-state index in [4.69, 9.17) is 0 Å². The van der Waals surface area contributed by atoms with E-state index in [1.165, 1.54) is 6.08 Å². The number of H-pyrrole nitrogens is 1. The molecule has 13 heavy (non-hydrogen) atoms. The van der Waals surface area contributed by atoms with Gasteiger partial charge in [0, 0.05) is 25.0 Å². The van der Waals surface area contributed by atoms with E-state index in [1.54, 1.807) is 18.5 Å². The molecular formula is C9H13N3O. The van der Waals surface area contributed by atoms with E-state index in [2.05, 4.69) is 15.3 Å². The molecule has 2 N–H and O–H groups in total. The number of nitrogens with one attached hydrogen (secondary N) is 2. The van der Waals surface area contributed by atoms with E-state index in [1.807, 2.05) is 6.92 Å². The average molecular weight is 179 g/mol. The summed E-state index contributed by atoms with van der Waals surface area (Å²) in [7, 11) is 0. The molecule has 0 atom stereocenters. The first-order valence-electron chi connectivity index (χ1n) is 4.28. The number of carbonyl (C=O) groups is 1. The highest BCUT2D eigenvalue weighted by atomic mass is 16.1. The summed E-state index contributed by atoms with van der Waals surface area (Å²) < 4.78 is 0. The normalized spacial score (nSPS) is 10.5. The molecule has 0 fully saturated rings. The number of carbonyl (C=O) groups excluding carboxylic acids is 1. The van der Waals surface area contributed by atoms with Crippen molar-refractivity contribution in [3.63, 3.8) is 0 Å². The van der Waals surface area contributed by atoms with Crippen LogP contribution in [0, 0.1) is 0 Å². The second-order valence-corrected chi connectivity index (χ2v) is 2.60. The first-order valence-corrected chi connectivity index (χ1v) is 4.28. The van der Waals surface area contributed by atoms with Gasteiger partial charge in [-0.05, 0) is 12.5 Å². The van der Waals surface area contributed by atoms with Crippen molar-refractivity contribution in [3.05, 3.63) is 24.3 Å². The van der Waals surface area contributed by atoms with E-state index >= 15 is 0 Å². The number of hydrogen-bond donors (Lipinski definition) is 2. The van der Waals surface area contributed by atoms with Crippen LogP contribution in [-0.2, 0) is 4.79 Å². The van der Waals surface area contributed by atoms with Gasteiger partial charge in [0.15, 0.2) is 0 Å². The zero-order valence-electron chi connectivity index (χ0n) is 7.58. The van der Waals surface area contributed by atoms with Gasteiger partial charge in [-0.2, -0.15) is 0 Å². The molecule has 0 aliphatic rings. The zero-order valence-corrected chi connectivity index (χ0v) is 7.58. The molecule has 0 aliphatic heterocycles. The Hall–Kier alpha value is -1.58. The van der Waals surface area contributed by atoms with Gasteiger partial charge < -0.3 is 10.3 Å². The maximum atomic E-state index is 11.1. The number of hydrogen-bond acceptors (Lipinski definition) is 2. The summed E-state index contributed by atoms with van der Waals surface area (Å²) in [6, 6.07) is 0. The number of rotatable bonds is 4. The van der Waals surface area contributed by atoms with E-state index < -0.39 is 0 Å². The molecule has 0 unspecified atom stereocenters. The van der Waals surface area contributed by atoms with E-state index in [-0.39, 0.29) is 5.91 Å². The average Bonchev–Trinajstić information content (AvgIpc) is 2.64. The molecule has 1 aromatic heterocycles. The Morgan fingerprint density at radius 3 is 3.23 bits per heavy atom. The molecule has 0 aliphatic carbocycles. The molecule has 4 heteroatoms. The molecule has 1 amide bonds. The summed E-state index contributed by atoms with van der Waals surface area (Å²) >= 11 is 0. The third-order valence-corrected chi connectivity index (χ3v) is 1.46. The fraction of sp³-hybridized carbons (Fsp3) is 0.333. The smallest absolute Gasteiger partial charge is 0.244 e. The van der Waals surface area contributed by atoms with Crippen LogP contribution in [0.2, 0.25) is 0 Å². The van der Waals surface area contributed by atoms with Gasteiger partial charge in [0.25, 0.3) is 0 Å². The van der Waals surface area contributed by atoms with Crippen molar-refractivity contribution in [2.75, 3.05) is 6.54 Å². The van der Waals surface area contributed by atoms with Gasteiger partial charge in [0.1, 0.15) is 5.82 Å². The van der Waals surface area contributed by atoms with Crippen molar-refractivity contribution in [2.45, 2.75) is 13.3 Å². The minimum atomic E-state index is -0.0850. The Morgan fingerprint density at radius 2 is 2.62 bits per heavy atom. The lowest BCUT2D eigenvalue weighted by Gasteiger charge is -1.96. The van der Waals surface area contributed by atoms with Gasteiger partial charge in [-0.3, -0.25) is 4.79 Å². The van der Waals surface area contributed by atoms with Crippen LogP contribution in [0.15, 0.2) is 18.5 Å². The number of amides is 1. The SMILES string of the molecule is CCCNC(=O)C=Cc1ncc[nH]1. The molecule has 1 rings (SSSR count). The van der Waals surface area contributed by atoms with Crippen LogP contribution in [0.3, 0.4) is 0 Å². The van der Waals surface area contributed by atoms with Crippen molar-refractivity contribution >= 4 is 12.0 Å². The first kappa shape index (κ1) is 9.51. The lowest BCUT2D eigenvalue weighted by molar-refractivity contribution is -0.116. The van der Waals surface area contributed by atoms with Crippen molar-refractivity contribution in [3.8, 4) is 0 Å². The van der Waals surface area contributed by atoms with Gasteiger partial charge >= 0.3 is 0 Å². The molecule has 1 aromatic rings. The molecule has 0 radical (unpaired) electrons. The Labute approximate surface area is 77.1 Å². The fourth-order valence-electron chi connectivity index (χ4n) is 0.830. The highest BCUT2D eigenvalue weighted by Gasteiger charge is 1.92. The topological polar surface area (TPSA) is 57.8 Å². The summed E-state index contributed by atoms with van der Waals surface area (Å²) in [6.45, 7) is 2.72. The maximum absolute atomic E-state index is 11.1. The zero-order chi connectivity index (χ0) is 9.52. The highest BCUT2D eigenvalue weighted by Crippen LogP contribution is 1.91. The third kappa shape index (κ3) is 3.55. The molecule has 0 saturated carbocycles. The summed E-state index contributed by atoms with van der Waals surface area (Å²) in [5.74, 6) is 0.602. The second-order valence-electron chi connectivity index (χ2n) is 2.60. The monoisotopic (exact) mass is 179 g/mol. The van der Waals surface area contributed by atoms with E-state index in [9.17, 15) is 4.79 Å². The maximum Gasteiger partial charge on any atom is 0.244 e. The Balaban J connectivity index is 2.35. The second kappa shape index (κ2) is 5.13. The van der Waals surface area contributed by atoms with Crippen LogP contribution < -0.4 is 5.32 Å². The predicted molar refractivity (Wildman–Crippen MR) is 50.9 cm³/mol. The number of aromatic nitrogens is 2. The van der Waals surface area contributed by atoms with Gasteiger partial charge in [0.2, 0.25) is 5.91 Å². The Bertz CT molecular complexity index is 277. The van der Waals surface area contributed by atoms with E-state index in [0.29, 0.717) is 12.4 Å². The minimum Gasteiger partial charge on any atom is -0.353 e. The standard InChI is InChI=1S/C9H13N3O/c1-2-5-12-9(13)4-3-8-10-6-7-11-8/h3-4,6-7H,2,5H2,1H3,(H,10,11)(H,12,13). The van der Waals surface area contributed by atoms with E-state index in [0.717, 1.165) is 6.42 Å². The number of nitrogens with zero attached hydrogens (tertiary/aromatic N) is 1. The molecule has 0 bridgehead atoms. The van der Waals surface area contributed by atoms with Gasteiger partial charge in [-0.15, -0.1) is 0 Å². The van der Waals surface area contributed by atoms with Gasteiger partial charge in [-0.1, -0.05) is 6.92 Å². The third-order valence-electron chi connectivity index (χ3n) is 1.46. The lowest BCUT2D eigenvalue weighted by Crippen LogP contribution is -2.21. The minimum absolute atomic E-state index is 0.0850. The molecule has 1 heterocycles. The van der Waals surface area contributed by atoms with Crippen molar-refractivity contribution in [2.24, 2.45) is 0 Å². The lowest BCUT2D eigenvalue weighted by atomic mass is 10.4. The molecule has 70 valence electrons. The summed E-state index contributed by atoms with van der Waals surface area (Å²) in [5.41, 5.74) is 0. The van der Waals surface area contributed by atoms with Crippen molar-refractivity contribution < 1.29 is 4.79 Å².